The number of fused-ring (bicyclic) bond motifs is 1. The second-order valence-corrected chi connectivity index (χ2v) is 6.47. The minimum Gasteiger partial charge on any atom is -0.376 e. The lowest BCUT2D eigenvalue weighted by atomic mass is 10.00. The fourth-order valence-corrected chi connectivity index (χ4v) is 3.15. The first-order valence-electron chi connectivity index (χ1n) is 8.11. The van der Waals surface area contributed by atoms with Crippen molar-refractivity contribution in [1.29, 1.82) is 0 Å². The number of hydrogen-bond acceptors (Lipinski definition) is 3. The normalized spacial score (nSPS) is 21.8. The van der Waals surface area contributed by atoms with E-state index >= 15 is 0 Å². The molecule has 0 radical (unpaired) electrons. The topological polar surface area (TPSA) is 28.2 Å². The summed E-state index contributed by atoms with van der Waals surface area (Å²) in [6.45, 7) is 3.92. The van der Waals surface area contributed by atoms with Crippen LogP contribution in [-0.4, -0.2) is 48.4 Å². The zero-order valence-corrected chi connectivity index (χ0v) is 14.1. The van der Waals surface area contributed by atoms with Gasteiger partial charge in [0.15, 0.2) is 0 Å². The molecule has 1 saturated heterocycles. The van der Waals surface area contributed by atoms with Gasteiger partial charge in [-0.3, -0.25) is 4.98 Å². The Kier molecular flexibility index (Phi) is 4.88. The maximum atomic E-state index is 14.4. The van der Waals surface area contributed by atoms with Crippen LogP contribution in [0.15, 0.2) is 31.0 Å². The molecule has 0 saturated carbocycles. The average Bonchev–Trinajstić information content (AvgIpc) is 2.57. The number of anilines is 1. The van der Waals surface area contributed by atoms with E-state index in [1.165, 1.54) is 18.3 Å². The van der Waals surface area contributed by atoms with E-state index in [0.717, 1.165) is 6.07 Å². The Hall–Kier alpha value is -2.22. The molecule has 0 unspecified atom stereocenters. The number of pyridine rings is 1. The third-order valence-electron chi connectivity index (χ3n) is 4.60. The Morgan fingerprint density at radius 3 is 2.65 bits per heavy atom. The molecule has 0 aliphatic carbocycles. The van der Waals surface area contributed by atoms with Crippen molar-refractivity contribution in [2.24, 2.45) is 0 Å². The summed E-state index contributed by atoms with van der Waals surface area (Å²) in [7, 11) is 1.79. The number of hydrogen-bond donors (Lipinski definition) is 1. The largest absolute Gasteiger partial charge is 0.417 e. The summed E-state index contributed by atoms with van der Waals surface area (Å²) < 4.78 is 67.7. The molecule has 1 aromatic carbocycles. The summed E-state index contributed by atoms with van der Waals surface area (Å²) in [4.78, 5) is 5.60. The van der Waals surface area contributed by atoms with Crippen molar-refractivity contribution >= 4 is 22.0 Å². The van der Waals surface area contributed by atoms with E-state index in [2.05, 4.69) is 16.9 Å². The molecule has 8 heteroatoms. The van der Waals surface area contributed by atoms with E-state index in [0.29, 0.717) is 13.0 Å². The van der Waals surface area contributed by atoms with Gasteiger partial charge in [-0.1, -0.05) is 6.58 Å². The fraction of sp³-hybridized carbons (Fsp3) is 0.389. The van der Waals surface area contributed by atoms with E-state index in [4.69, 9.17) is 0 Å². The molecule has 3 rings (SSSR count). The molecule has 1 aromatic heterocycles. The summed E-state index contributed by atoms with van der Waals surface area (Å²) in [6.07, 6.45) is -4.24. The van der Waals surface area contributed by atoms with Crippen LogP contribution in [-0.2, 0) is 0 Å². The van der Waals surface area contributed by atoms with Gasteiger partial charge < -0.3 is 10.2 Å². The van der Waals surface area contributed by atoms with Crippen molar-refractivity contribution in [1.82, 2.24) is 9.88 Å². The second-order valence-electron chi connectivity index (χ2n) is 6.47. The summed E-state index contributed by atoms with van der Waals surface area (Å²) in [5.74, 6) is -0.654. The van der Waals surface area contributed by atoms with Crippen molar-refractivity contribution in [3.63, 3.8) is 0 Å². The Balaban J connectivity index is 2.03. The monoisotopic (exact) mass is 371 g/mol. The molecule has 140 valence electrons. The molecule has 2 heterocycles. The maximum absolute atomic E-state index is 14.4. The molecule has 3 nitrogen and oxygen atoms in total. The predicted molar refractivity (Wildman–Crippen MR) is 91.2 cm³/mol. The van der Waals surface area contributed by atoms with Crippen molar-refractivity contribution in [3.05, 3.63) is 42.5 Å². The first-order valence-corrected chi connectivity index (χ1v) is 8.11. The summed E-state index contributed by atoms with van der Waals surface area (Å²) in [5, 5.41) is 3.18. The van der Waals surface area contributed by atoms with Gasteiger partial charge in [0.2, 0.25) is 0 Å². The van der Waals surface area contributed by atoms with E-state index in [1.54, 1.807) is 7.05 Å². The molecule has 1 aliphatic rings. The van der Waals surface area contributed by atoms with E-state index < -0.39 is 29.8 Å². The lowest BCUT2D eigenvalue weighted by molar-refractivity contribution is -0.0688. The minimum absolute atomic E-state index is 0.0154. The number of allylic oxidation sites excluding steroid dienone is 1. The summed E-state index contributed by atoms with van der Waals surface area (Å²) in [5.41, 5.74) is -1.49. The first kappa shape index (κ1) is 18.6. The minimum atomic E-state index is -4.65. The molecule has 1 N–H and O–H groups in total. The Morgan fingerprint density at radius 1 is 1.27 bits per heavy atom. The number of nitrogens with one attached hydrogen (secondary N) is 1. The van der Waals surface area contributed by atoms with Crippen LogP contribution in [0.2, 0.25) is 0 Å². The van der Waals surface area contributed by atoms with Crippen LogP contribution < -0.4 is 5.32 Å². The van der Waals surface area contributed by atoms with E-state index in [1.807, 2.05) is 4.90 Å². The second kappa shape index (κ2) is 6.83. The van der Waals surface area contributed by atoms with Gasteiger partial charge in [-0.15, -0.1) is 0 Å². The van der Waals surface area contributed by atoms with Gasteiger partial charge in [0.05, 0.1) is 23.0 Å². The van der Waals surface area contributed by atoms with Crippen LogP contribution in [0.4, 0.5) is 27.6 Å². The SMILES string of the molecule is C=C(c1nccc2c(N[C@@H]3CCN(C)C[C@@H]3F)c(F)ccc12)C(F)(F)F. The van der Waals surface area contributed by atoms with Crippen molar-refractivity contribution in [2.75, 3.05) is 25.5 Å². The molecule has 0 amide bonds. The fourth-order valence-electron chi connectivity index (χ4n) is 3.15. The number of halogens is 5. The standard InChI is InChI=1S/C18H18F5N3/c1-10(18(21,22)23)16-11-3-4-13(19)17(12(11)5-7-24-16)25-15-6-8-26(2)9-14(15)20/h3-5,7,14-15,25H,1,6,8-9H2,2H3/t14-,15+/m0/s1. The molecule has 26 heavy (non-hydrogen) atoms. The number of rotatable bonds is 3. The predicted octanol–water partition coefficient (Wildman–Crippen LogP) is 4.40. The van der Waals surface area contributed by atoms with Gasteiger partial charge in [0.1, 0.15) is 12.0 Å². The van der Waals surface area contributed by atoms with Gasteiger partial charge >= 0.3 is 6.18 Å². The van der Waals surface area contributed by atoms with Crippen molar-refractivity contribution < 1.29 is 22.0 Å². The van der Waals surface area contributed by atoms with Gasteiger partial charge in [0.25, 0.3) is 0 Å². The molecule has 0 bridgehead atoms. The Bertz CT molecular complexity index is 833. The highest BCUT2D eigenvalue weighted by atomic mass is 19.4. The molecule has 2 aromatic rings. The third kappa shape index (κ3) is 3.51. The highest BCUT2D eigenvalue weighted by molar-refractivity contribution is 6.00. The number of benzene rings is 1. The van der Waals surface area contributed by atoms with Crippen molar-refractivity contribution in [2.45, 2.75) is 24.8 Å². The number of likely N-dealkylation sites (tertiary alicyclic amines) is 1. The third-order valence-corrected chi connectivity index (χ3v) is 4.60. The number of aromatic nitrogens is 1. The lowest BCUT2D eigenvalue weighted by Crippen LogP contribution is -2.46. The quantitative estimate of drug-likeness (QED) is 0.811. The molecular formula is C18H18F5N3. The molecular weight excluding hydrogens is 353 g/mol. The Morgan fingerprint density at radius 2 is 2.00 bits per heavy atom. The van der Waals surface area contributed by atoms with Crippen LogP contribution in [0.1, 0.15) is 12.1 Å². The summed E-state index contributed by atoms with van der Waals surface area (Å²) in [6, 6.07) is 3.09. The first-order chi connectivity index (χ1) is 12.2. The molecule has 1 aliphatic heterocycles. The van der Waals surface area contributed by atoms with Gasteiger partial charge in [0, 0.05) is 30.1 Å². The van der Waals surface area contributed by atoms with Crippen LogP contribution in [0.5, 0.6) is 0 Å². The van der Waals surface area contributed by atoms with E-state index in [-0.39, 0.29) is 28.7 Å². The van der Waals surface area contributed by atoms with Gasteiger partial charge in [-0.05, 0) is 31.7 Å². The van der Waals surface area contributed by atoms with Gasteiger partial charge in [-0.2, -0.15) is 13.2 Å². The van der Waals surface area contributed by atoms with Crippen LogP contribution in [0, 0.1) is 5.82 Å². The Labute approximate surface area is 147 Å². The lowest BCUT2D eigenvalue weighted by Gasteiger charge is -2.33. The maximum Gasteiger partial charge on any atom is 0.417 e. The average molecular weight is 371 g/mol. The highest BCUT2D eigenvalue weighted by Gasteiger charge is 2.35. The molecule has 2 atom stereocenters. The number of piperidine rings is 1. The van der Waals surface area contributed by atoms with Crippen LogP contribution >= 0.6 is 0 Å². The molecule has 0 spiro atoms. The van der Waals surface area contributed by atoms with Crippen LogP contribution in [0.3, 0.4) is 0 Å². The highest BCUT2D eigenvalue weighted by Crippen LogP contribution is 2.37. The smallest absolute Gasteiger partial charge is 0.376 e. The number of nitrogens with zero attached hydrogens (tertiary/aromatic N) is 2. The number of alkyl halides is 4. The molecule has 1 fully saturated rings. The van der Waals surface area contributed by atoms with E-state index in [9.17, 15) is 22.0 Å². The van der Waals surface area contributed by atoms with Gasteiger partial charge in [-0.25, -0.2) is 8.78 Å². The zero-order valence-electron chi connectivity index (χ0n) is 14.1. The van der Waals surface area contributed by atoms with Crippen LogP contribution in [0.25, 0.3) is 16.3 Å². The summed E-state index contributed by atoms with van der Waals surface area (Å²) >= 11 is 0. The zero-order chi connectivity index (χ0) is 19.1. The van der Waals surface area contributed by atoms with Crippen molar-refractivity contribution in [3.8, 4) is 0 Å².